The van der Waals surface area contributed by atoms with Crippen LogP contribution in [0.25, 0.3) is 11.0 Å². The second kappa shape index (κ2) is 10.1. The molecule has 0 aliphatic heterocycles. The van der Waals surface area contributed by atoms with E-state index in [0.29, 0.717) is 42.7 Å². The van der Waals surface area contributed by atoms with Crippen molar-refractivity contribution in [2.24, 2.45) is 0 Å². The Kier molecular flexibility index (Phi) is 7.19. The van der Waals surface area contributed by atoms with Crippen LogP contribution in [0.2, 0.25) is 0 Å². The van der Waals surface area contributed by atoms with Gasteiger partial charge in [-0.15, -0.1) is 0 Å². The van der Waals surface area contributed by atoms with Gasteiger partial charge in [0.15, 0.2) is 0 Å². The Bertz CT molecular complexity index is 1370. The number of sulfonamides is 1. The van der Waals surface area contributed by atoms with Crippen LogP contribution in [0.5, 0.6) is 5.75 Å². The van der Waals surface area contributed by atoms with Crippen LogP contribution in [-0.4, -0.2) is 20.9 Å². The largest absolute Gasteiger partial charge is 0.426 e. The van der Waals surface area contributed by atoms with Crippen LogP contribution >= 0.6 is 0 Å². The summed E-state index contributed by atoms with van der Waals surface area (Å²) >= 11 is 0. The normalized spacial score (nSPS) is 13.2. The van der Waals surface area contributed by atoms with E-state index in [0.717, 1.165) is 41.3 Å². The van der Waals surface area contributed by atoms with Crippen LogP contribution in [0, 0.1) is 13.8 Å². The Balaban J connectivity index is 1.26. The number of nitrogens with one attached hydrogen (secondary N) is 1. The van der Waals surface area contributed by atoms with Crippen molar-refractivity contribution < 1.29 is 22.4 Å². The Morgan fingerprint density at radius 3 is 2.50 bits per heavy atom. The second-order valence-corrected chi connectivity index (χ2v) is 10.5. The van der Waals surface area contributed by atoms with Crippen LogP contribution < -0.4 is 15.1 Å². The molecule has 0 saturated carbocycles. The summed E-state index contributed by atoms with van der Waals surface area (Å²) in [7, 11) is -3.52. The monoisotopic (exact) mass is 483 g/mol. The van der Waals surface area contributed by atoms with Gasteiger partial charge in [-0.2, -0.15) is 0 Å². The maximum absolute atomic E-state index is 12.3. The standard InChI is InChI=1S/C26H29NO6S/c1-17-10-12-19(13-11-17)34(30,31)27-16-5-3-4-9-24(28)32-23-15-14-21-20-7-6-8-22(20)26(29)33-25(21)18(23)2/h10-15,27H,3-9,16H2,1-2H3. The quantitative estimate of drug-likeness (QED) is 0.210. The van der Waals surface area contributed by atoms with Gasteiger partial charge in [0.1, 0.15) is 11.3 Å². The number of rotatable bonds is 9. The summed E-state index contributed by atoms with van der Waals surface area (Å²) in [5.41, 5.74) is 3.63. The third-order valence-electron chi connectivity index (χ3n) is 6.25. The number of carbonyl (C=O) groups is 1. The number of fused-ring (bicyclic) bond motifs is 3. The average Bonchev–Trinajstić information content (AvgIpc) is 3.30. The molecule has 0 spiro atoms. The topological polar surface area (TPSA) is 103 Å². The number of carbonyl (C=O) groups excluding carboxylic acids is 1. The zero-order chi connectivity index (χ0) is 24.3. The zero-order valence-corrected chi connectivity index (χ0v) is 20.3. The molecule has 0 radical (unpaired) electrons. The highest BCUT2D eigenvalue weighted by Gasteiger charge is 2.22. The molecule has 3 aromatic rings. The minimum absolute atomic E-state index is 0.219. The molecular formula is C26H29NO6S. The van der Waals surface area contributed by atoms with Gasteiger partial charge in [-0.3, -0.25) is 4.79 Å². The zero-order valence-electron chi connectivity index (χ0n) is 19.5. The molecule has 0 unspecified atom stereocenters. The summed E-state index contributed by atoms with van der Waals surface area (Å²) in [6, 6.07) is 10.3. The SMILES string of the molecule is Cc1ccc(S(=O)(=O)NCCCCCC(=O)Oc2ccc3c4c(c(=O)oc3c2C)CCC4)cc1. The van der Waals surface area contributed by atoms with E-state index in [1.807, 2.05) is 13.0 Å². The van der Waals surface area contributed by atoms with Gasteiger partial charge in [-0.25, -0.2) is 17.9 Å². The molecule has 1 aliphatic carbocycles. The van der Waals surface area contributed by atoms with Gasteiger partial charge in [0, 0.05) is 29.5 Å². The van der Waals surface area contributed by atoms with Gasteiger partial charge < -0.3 is 9.15 Å². The van der Waals surface area contributed by atoms with E-state index in [2.05, 4.69) is 4.72 Å². The highest BCUT2D eigenvalue weighted by Crippen LogP contribution is 2.33. The van der Waals surface area contributed by atoms with Gasteiger partial charge in [-0.1, -0.05) is 24.1 Å². The van der Waals surface area contributed by atoms with Crippen molar-refractivity contribution in [3.8, 4) is 5.75 Å². The Morgan fingerprint density at radius 1 is 1.00 bits per heavy atom. The summed E-state index contributed by atoms with van der Waals surface area (Å²) < 4.78 is 38.2. The molecule has 34 heavy (non-hydrogen) atoms. The number of esters is 1. The minimum atomic E-state index is -3.52. The Labute approximate surface area is 199 Å². The predicted octanol–water partition coefficient (Wildman–Crippen LogP) is 4.34. The molecule has 1 aromatic heterocycles. The average molecular weight is 484 g/mol. The molecule has 0 atom stereocenters. The van der Waals surface area contributed by atoms with E-state index in [4.69, 9.17) is 9.15 Å². The van der Waals surface area contributed by atoms with Gasteiger partial charge in [0.2, 0.25) is 10.0 Å². The van der Waals surface area contributed by atoms with Crippen molar-refractivity contribution in [2.45, 2.75) is 63.7 Å². The molecule has 0 bridgehead atoms. The van der Waals surface area contributed by atoms with E-state index in [9.17, 15) is 18.0 Å². The van der Waals surface area contributed by atoms with E-state index < -0.39 is 10.0 Å². The molecule has 1 aliphatic rings. The number of benzene rings is 2. The molecular weight excluding hydrogens is 454 g/mol. The summed E-state index contributed by atoms with van der Waals surface area (Å²) in [6.07, 6.45) is 4.65. The number of aryl methyl sites for hydroxylation is 3. The first kappa shape index (κ1) is 24.2. The molecule has 1 N–H and O–H groups in total. The lowest BCUT2D eigenvalue weighted by molar-refractivity contribution is -0.134. The van der Waals surface area contributed by atoms with Gasteiger partial charge in [0.05, 0.1) is 4.90 Å². The van der Waals surface area contributed by atoms with E-state index >= 15 is 0 Å². The molecule has 180 valence electrons. The molecule has 7 nitrogen and oxygen atoms in total. The van der Waals surface area contributed by atoms with Crippen molar-refractivity contribution in [2.75, 3.05) is 6.54 Å². The fraction of sp³-hybridized carbons (Fsp3) is 0.385. The predicted molar refractivity (Wildman–Crippen MR) is 130 cm³/mol. The molecule has 0 amide bonds. The fourth-order valence-electron chi connectivity index (χ4n) is 4.33. The van der Waals surface area contributed by atoms with Crippen molar-refractivity contribution in [3.05, 3.63) is 69.1 Å². The number of ether oxygens (including phenoxy) is 1. The maximum atomic E-state index is 12.3. The van der Waals surface area contributed by atoms with Crippen molar-refractivity contribution in [1.82, 2.24) is 4.72 Å². The van der Waals surface area contributed by atoms with Crippen LogP contribution in [-0.2, 0) is 27.7 Å². The minimum Gasteiger partial charge on any atom is -0.426 e. The number of hydrogen-bond acceptors (Lipinski definition) is 6. The molecule has 0 saturated heterocycles. The Hall–Kier alpha value is -2.97. The third kappa shape index (κ3) is 5.23. The smallest absolute Gasteiger partial charge is 0.339 e. The fourth-order valence-corrected chi connectivity index (χ4v) is 5.40. The van der Waals surface area contributed by atoms with Gasteiger partial charge in [0.25, 0.3) is 0 Å². The summed E-state index contributed by atoms with van der Waals surface area (Å²) in [5.74, 6) is 0.0237. The number of unbranched alkanes of at least 4 members (excludes halogenated alkanes) is 2. The molecule has 0 fully saturated rings. The van der Waals surface area contributed by atoms with Crippen LogP contribution in [0.3, 0.4) is 0 Å². The van der Waals surface area contributed by atoms with Crippen LogP contribution in [0.15, 0.2) is 50.5 Å². The molecule has 1 heterocycles. The lowest BCUT2D eigenvalue weighted by Gasteiger charge is -2.11. The molecule has 4 rings (SSSR count). The second-order valence-electron chi connectivity index (χ2n) is 8.76. The molecule has 2 aromatic carbocycles. The first-order chi connectivity index (χ1) is 16.3. The molecule has 8 heteroatoms. The lowest BCUT2D eigenvalue weighted by Crippen LogP contribution is -2.24. The van der Waals surface area contributed by atoms with Gasteiger partial charge >= 0.3 is 11.6 Å². The summed E-state index contributed by atoms with van der Waals surface area (Å²) in [5, 5.41) is 0.914. The summed E-state index contributed by atoms with van der Waals surface area (Å²) in [4.78, 5) is 24.9. The first-order valence-electron chi connectivity index (χ1n) is 11.6. The number of hydrogen-bond donors (Lipinski definition) is 1. The van der Waals surface area contributed by atoms with Gasteiger partial charge in [-0.05, 0) is 75.8 Å². The summed E-state index contributed by atoms with van der Waals surface area (Å²) in [6.45, 7) is 3.99. The lowest BCUT2D eigenvalue weighted by atomic mass is 10.0. The van der Waals surface area contributed by atoms with Crippen molar-refractivity contribution in [1.29, 1.82) is 0 Å². The van der Waals surface area contributed by atoms with Crippen molar-refractivity contribution in [3.63, 3.8) is 0 Å². The highest BCUT2D eigenvalue weighted by atomic mass is 32.2. The van der Waals surface area contributed by atoms with Crippen LogP contribution in [0.1, 0.15) is 54.4 Å². The maximum Gasteiger partial charge on any atom is 0.339 e. The van der Waals surface area contributed by atoms with Crippen molar-refractivity contribution >= 4 is 27.0 Å². The van der Waals surface area contributed by atoms with E-state index in [1.54, 1.807) is 37.3 Å². The first-order valence-corrected chi connectivity index (χ1v) is 13.1. The van der Waals surface area contributed by atoms with Crippen LogP contribution in [0.4, 0.5) is 0 Å². The highest BCUT2D eigenvalue weighted by molar-refractivity contribution is 7.89. The van der Waals surface area contributed by atoms with E-state index in [1.165, 1.54) is 0 Å². The third-order valence-corrected chi connectivity index (χ3v) is 7.72. The van der Waals surface area contributed by atoms with E-state index in [-0.39, 0.29) is 22.9 Å². The Morgan fingerprint density at radius 2 is 1.74 bits per heavy atom.